The van der Waals surface area contributed by atoms with Gasteiger partial charge in [0.1, 0.15) is 0 Å². The molecule has 1 atom stereocenters. The monoisotopic (exact) mass is 287 g/mol. The molecule has 0 fully saturated rings. The van der Waals surface area contributed by atoms with Crippen molar-refractivity contribution in [1.82, 2.24) is 15.5 Å². The first-order valence-corrected chi connectivity index (χ1v) is 6.94. The Morgan fingerprint density at radius 1 is 1.15 bits per heavy atom. The van der Waals surface area contributed by atoms with Gasteiger partial charge in [0.2, 0.25) is 5.91 Å². The lowest BCUT2D eigenvalue weighted by Gasteiger charge is -2.18. The van der Waals surface area contributed by atoms with E-state index in [1.807, 2.05) is 13.8 Å². The van der Waals surface area contributed by atoms with Gasteiger partial charge in [-0.3, -0.25) is 9.59 Å². The lowest BCUT2D eigenvalue weighted by atomic mass is 10.1. The van der Waals surface area contributed by atoms with E-state index in [0.717, 1.165) is 0 Å². The molecule has 0 saturated carbocycles. The number of nitrogens with zero attached hydrogens (tertiary/aromatic N) is 1. The number of amides is 3. The van der Waals surface area contributed by atoms with E-state index >= 15 is 0 Å². The van der Waals surface area contributed by atoms with E-state index in [0.29, 0.717) is 32.5 Å². The van der Waals surface area contributed by atoms with Crippen LogP contribution in [0.1, 0.15) is 33.6 Å². The first-order valence-electron chi connectivity index (χ1n) is 6.94. The molecule has 0 aromatic carbocycles. The summed E-state index contributed by atoms with van der Waals surface area (Å²) in [6.07, 6.45) is 1.10. The topological polar surface area (TPSA) is 98.7 Å². The predicted octanol–water partition coefficient (Wildman–Crippen LogP) is 0.655. The van der Waals surface area contributed by atoms with Crippen LogP contribution in [0.25, 0.3) is 0 Å². The third-order valence-electron chi connectivity index (χ3n) is 3.04. The summed E-state index contributed by atoms with van der Waals surface area (Å²) < 4.78 is 0. The molecule has 0 aliphatic carbocycles. The van der Waals surface area contributed by atoms with Crippen LogP contribution in [0.5, 0.6) is 0 Å². The highest BCUT2D eigenvalue weighted by Crippen LogP contribution is 2.03. The Morgan fingerprint density at radius 2 is 1.75 bits per heavy atom. The average Bonchev–Trinajstić information content (AvgIpc) is 2.42. The Balaban J connectivity index is 3.74. The van der Waals surface area contributed by atoms with Crippen molar-refractivity contribution < 1.29 is 19.5 Å². The van der Waals surface area contributed by atoms with Crippen LogP contribution >= 0.6 is 0 Å². The number of carbonyl (C=O) groups is 3. The van der Waals surface area contributed by atoms with Crippen LogP contribution in [0, 0.1) is 5.92 Å². The Bertz CT molecular complexity index is 330. The van der Waals surface area contributed by atoms with Crippen LogP contribution in [-0.4, -0.2) is 54.1 Å². The molecule has 3 amide bonds. The van der Waals surface area contributed by atoms with Crippen molar-refractivity contribution in [3.63, 3.8) is 0 Å². The molecule has 7 nitrogen and oxygen atoms in total. The third kappa shape index (κ3) is 7.60. The summed E-state index contributed by atoms with van der Waals surface area (Å²) in [6.45, 7) is 6.99. The van der Waals surface area contributed by atoms with Gasteiger partial charge in [0.05, 0.1) is 12.5 Å². The quantitative estimate of drug-likeness (QED) is 0.542. The Kier molecular flexibility index (Phi) is 9.15. The minimum atomic E-state index is -0.834. The smallest absolute Gasteiger partial charge is 0.315 e. The SMILES string of the molecule is CCN(CC)C(=O)CNC(=O)NCCCC(C)C(=O)O. The lowest BCUT2D eigenvalue weighted by molar-refractivity contribution is -0.141. The summed E-state index contributed by atoms with van der Waals surface area (Å²) in [7, 11) is 0. The number of urea groups is 1. The van der Waals surface area contributed by atoms with E-state index < -0.39 is 17.9 Å². The molecule has 0 aliphatic heterocycles. The number of hydrogen-bond acceptors (Lipinski definition) is 3. The summed E-state index contributed by atoms with van der Waals surface area (Å²) in [5.74, 6) is -1.37. The molecule has 0 radical (unpaired) electrons. The van der Waals surface area contributed by atoms with Crippen molar-refractivity contribution in [3.05, 3.63) is 0 Å². The molecule has 0 saturated heterocycles. The second-order valence-electron chi connectivity index (χ2n) is 4.56. The predicted molar refractivity (Wildman–Crippen MR) is 75.4 cm³/mol. The molecule has 0 spiro atoms. The fourth-order valence-electron chi connectivity index (χ4n) is 1.64. The van der Waals surface area contributed by atoms with E-state index in [2.05, 4.69) is 10.6 Å². The number of nitrogens with one attached hydrogen (secondary N) is 2. The van der Waals surface area contributed by atoms with E-state index in [1.54, 1.807) is 11.8 Å². The maximum Gasteiger partial charge on any atom is 0.315 e. The highest BCUT2D eigenvalue weighted by molar-refractivity contribution is 5.83. The highest BCUT2D eigenvalue weighted by Gasteiger charge is 2.12. The van der Waals surface area contributed by atoms with Gasteiger partial charge in [-0.15, -0.1) is 0 Å². The zero-order valence-corrected chi connectivity index (χ0v) is 12.4. The lowest BCUT2D eigenvalue weighted by Crippen LogP contribution is -2.43. The minimum Gasteiger partial charge on any atom is -0.481 e. The maximum atomic E-state index is 11.6. The number of hydrogen-bond donors (Lipinski definition) is 3. The summed E-state index contributed by atoms with van der Waals surface area (Å²) >= 11 is 0. The van der Waals surface area contributed by atoms with Crippen molar-refractivity contribution in [2.24, 2.45) is 5.92 Å². The van der Waals surface area contributed by atoms with Crippen LogP contribution in [0.4, 0.5) is 4.79 Å². The fraction of sp³-hybridized carbons (Fsp3) is 0.769. The van der Waals surface area contributed by atoms with Crippen LogP contribution < -0.4 is 10.6 Å². The standard InChI is InChI=1S/C13H25N3O4/c1-4-16(5-2)11(17)9-15-13(20)14-8-6-7-10(3)12(18)19/h10H,4-9H2,1-3H3,(H,18,19)(H2,14,15,20). The Morgan fingerprint density at radius 3 is 2.25 bits per heavy atom. The largest absolute Gasteiger partial charge is 0.481 e. The molecule has 1 unspecified atom stereocenters. The molecule has 116 valence electrons. The van der Waals surface area contributed by atoms with E-state index in [4.69, 9.17) is 5.11 Å². The molecule has 0 aromatic rings. The average molecular weight is 287 g/mol. The van der Waals surface area contributed by atoms with Crippen molar-refractivity contribution in [2.45, 2.75) is 33.6 Å². The number of likely N-dealkylation sites (N-methyl/N-ethyl adjacent to an activating group) is 1. The van der Waals surface area contributed by atoms with Crippen molar-refractivity contribution >= 4 is 17.9 Å². The van der Waals surface area contributed by atoms with Gasteiger partial charge in [0.15, 0.2) is 0 Å². The molecule has 0 heterocycles. The maximum absolute atomic E-state index is 11.6. The highest BCUT2D eigenvalue weighted by atomic mass is 16.4. The second kappa shape index (κ2) is 10.1. The number of carboxylic acid groups (broad SMARTS) is 1. The molecule has 7 heteroatoms. The number of carboxylic acids is 1. The summed E-state index contributed by atoms with van der Waals surface area (Å²) in [4.78, 5) is 35.3. The number of rotatable bonds is 9. The van der Waals surface area contributed by atoms with Crippen molar-refractivity contribution in [3.8, 4) is 0 Å². The van der Waals surface area contributed by atoms with Crippen molar-refractivity contribution in [1.29, 1.82) is 0 Å². The molecule has 20 heavy (non-hydrogen) atoms. The van der Waals surface area contributed by atoms with Crippen LogP contribution in [0.3, 0.4) is 0 Å². The molecule has 0 aromatic heterocycles. The van der Waals surface area contributed by atoms with Crippen LogP contribution in [0.15, 0.2) is 0 Å². The number of aliphatic carboxylic acids is 1. The van der Waals surface area contributed by atoms with Gasteiger partial charge in [0.25, 0.3) is 0 Å². The zero-order valence-electron chi connectivity index (χ0n) is 12.4. The van der Waals surface area contributed by atoms with Gasteiger partial charge < -0.3 is 20.6 Å². The molecular weight excluding hydrogens is 262 g/mol. The minimum absolute atomic E-state index is 0.0287. The molecule has 0 aliphatic rings. The van der Waals surface area contributed by atoms with Crippen molar-refractivity contribution in [2.75, 3.05) is 26.2 Å². The normalized spacial score (nSPS) is 11.6. The van der Waals surface area contributed by atoms with Gasteiger partial charge >= 0.3 is 12.0 Å². The Hall–Kier alpha value is -1.79. The zero-order chi connectivity index (χ0) is 15.5. The van der Waals surface area contributed by atoms with Gasteiger partial charge in [0, 0.05) is 19.6 Å². The number of carbonyl (C=O) groups excluding carboxylic acids is 2. The Labute approximate surface area is 119 Å². The molecule has 0 rings (SSSR count). The molecule has 0 bridgehead atoms. The summed E-state index contributed by atoms with van der Waals surface area (Å²) in [6, 6.07) is -0.409. The van der Waals surface area contributed by atoms with E-state index in [9.17, 15) is 14.4 Å². The first kappa shape index (κ1) is 18.2. The molecule has 3 N–H and O–H groups in total. The first-order chi connectivity index (χ1) is 9.42. The van der Waals surface area contributed by atoms with E-state index in [-0.39, 0.29) is 12.5 Å². The van der Waals surface area contributed by atoms with Gasteiger partial charge in [-0.05, 0) is 26.7 Å². The summed E-state index contributed by atoms with van der Waals surface area (Å²) in [5.41, 5.74) is 0. The van der Waals surface area contributed by atoms with Gasteiger partial charge in [-0.2, -0.15) is 0 Å². The third-order valence-corrected chi connectivity index (χ3v) is 3.04. The van der Waals surface area contributed by atoms with Gasteiger partial charge in [-0.25, -0.2) is 4.79 Å². The fourth-order valence-corrected chi connectivity index (χ4v) is 1.64. The molecular formula is C13H25N3O4. The second-order valence-corrected chi connectivity index (χ2v) is 4.56. The van der Waals surface area contributed by atoms with Crippen LogP contribution in [0.2, 0.25) is 0 Å². The van der Waals surface area contributed by atoms with E-state index in [1.165, 1.54) is 0 Å². The summed E-state index contributed by atoms with van der Waals surface area (Å²) in [5, 5.41) is 13.8. The van der Waals surface area contributed by atoms with Crippen LogP contribution in [-0.2, 0) is 9.59 Å². The van der Waals surface area contributed by atoms with Gasteiger partial charge in [-0.1, -0.05) is 6.92 Å².